The molecule has 1 aliphatic carbocycles. The standard InChI is InChI=1S/C20H22ClNO4S/c21-17-7-9-18(10-8-17)27(25,26)22-14-20(11-1-2-12-20)13-15-3-5-16(6-4-15)19(23)24/h3-10,22H,1-2,11-14H2,(H,23,24). The maximum Gasteiger partial charge on any atom is 0.335 e. The van der Waals surface area contributed by atoms with Crippen LogP contribution in [0.1, 0.15) is 41.6 Å². The van der Waals surface area contributed by atoms with Gasteiger partial charge in [-0.3, -0.25) is 0 Å². The number of halogens is 1. The summed E-state index contributed by atoms with van der Waals surface area (Å²) in [7, 11) is -3.60. The molecule has 5 nitrogen and oxygen atoms in total. The van der Waals surface area contributed by atoms with Gasteiger partial charge in [0.1, 0.15) is 0 Å². The summed E-state index contributed by atoms with van der Waals surface area (Å²) < 4.78 is 28.0. The lowest BCUT2D eigenvalue weighted by Crippen LogP contribution is -2.37. The highest BCUT2D eigenvalue weighted by Gasteiger charge is 2.35. The molecule has 144 valence electrons. The SMILES string of the molecule is O=C(O)c1ccc(CC2(CNS(=O)(=O)c3ccc(Cl)cc3)CCCC2)cc1. The minimum absolute atomic E-state index is 0.149. The molecule has 1 fully saturated rings. The van der Waals surface area contributed by atoms with Crippen molar-refractivity contribution in [2.24, 2.45) is 5.41 Å². The fourth-order valence-corrected chi connectivity index (χ4v) is 4.97. The summed E-state index contributed by atoms with van der Waals surface area (Å²) in [6.45, 7) is 0.360. The molecule has 0 radical (unpaired) electrons. The van der Waals surface area contributed by atoms with E-state index in [9.17, 15) is 13.2 Å². The Hall–Kier alpha value is -1.89. The number of aromatic carboxylic acids is 1. The molecule has 0 spiro atoms. The molecule has 1 aliphatic rings. The summed E-state index contributed by atoms with van der Waals surface area (Å²) in [5.74, 6) is -0.951. The lowest BCUT2D eigenvalue weighted by molar-refractivity contribution is 0.0697. The summed E-state index contributed by atoms with van der Waals surface area (Å²) in [5, 5.41) is 9.52. The maximum atomic E-state index is 12.6. The van der Waals surface area contributed by atoms with Gasteiger partial charge in [0, 0.05) is 11.6 Å². The molecule has 0 heterocycles. The third kappa shape index (κ3) is 4.89. The van der Waals surface area contributed by atoms with Gasteiger partial charge >= 0.3 is 5.97 Å². The first-order chi connectivity index (χ1) is 12.8. The zero-order valence-electron chi connectivity index (χ0n) is 14.8. The van der Waals surface area contributed by atoms with Gasteiger partial charge in [-0.1, -0.05) is 36.6 Å². The van der Waals surface area contributed by atoms with Gasteiger partial charge in [0.05, 0.1) is 10.5 Å². The van der Waals surface area contributed by atoms with Crippen LogP contribution in [-0.4, -0.2) is 26.0 Å². The molecular weight excluding hydrogens is 386 g/mol. The number of hydrogen-bond acceptors (Lipinski definition) is 3. The number of carbonyl (C=O) groups is 1. The second kappa shape index (κ2) is 8.00. The Bertz CT molecular complexity index is 902. The fourth-order valence-electron chi connectivity index (χ4n) is 3.68. The van der Waals surface area contributed by atoms with Crippen molar-refractivity contribution in [2.45, 2.75) is 37.0 Å². The largest absolute Gasteiger partial charge is 0.478 e. The number of carboxylic acid groups (broad SMARTS) is 1. The fraction of sp³-hybridized carbons (Fsp3) is 0.350. The monoisotopic (exact) mass is 407 g/mol. The number of benzene rings is 2. The van der Waals surface area contributed by atoms with Crippen LogP contribution in [0.4, 0.5) is 0 Å². The van der Waals surface area contributed by atoms with Crippen LogP contribution in [0.5, 0.6) is 0 Å². The van der Waals surface area contributed by atoms with E-state index in [1.54, 1.807) is 24.3 Å². The molecule has 0 atom stereocenters. The van der Waals surface area contributed by atoms with Crippen LogP contribution in [0.25, 0.3) is 0 Å². The number of sulfonamides is 1. The molecule has 1 saturated carbocycles. The van der Waals surface area contributed by atoms with Crippen molar-refractivity contribution in [2.75, 3.05) is 6.54 Å². The van der Waals surface area contributed by atoms with Crippen LogP contribution < -0.4 is 4.72 Å². The lowest BCUT2D eigenvalue weighted by atomic mass is 9.80. The number of rotatable bonds is 7. The van der Waals surface area contributed by atoms with E-state index in [1.165, 1.54) is 12.1 Å². The molecule has 3 rings (SSSR count). The van der Waals surface area contributed by atoms with E-state index in [0.717, 1.165) is 37.7 Å². The van der Waals surface area contributed by atoms with E-state index in [1.807, 2.05) is 12.1 Å². The average molecular weight is 408 g/mol. The highest BCUT2D eigenvalue weighted by Crippen LogP contribution is 2.40. The molecule has 0 unspecified atom stereocenters. The summed E-state index contributed by atoms with van der Waals surface area (Å²) in [5.41, 5.74) is 1.12. The second-order valence-electron chi connectivity index (χ2n) is 7.16. The topological polar surface area (TPSA) is 83.5 Å². The van der Waals surface area contributed by atoms with Gasteiger partial charge in [-0.25, -0.2) is 17.9 Å². The quantitative estimate of drug-likeness (QED) is 0.723. The molecule has 2 aromatic carbocycles. The molecule has 0 amide bonds. The predicted molar refractivity (Wildman–Crippen MR) is 105 cm³/mol. The van der Waals surface area contributed by atoms with Crippen molar-refractivity contribution in [1.82, 2.24) is 4.72 Å². The second-order valence-corrected chi connectivity index (χ2v) is 9.37. The lowest BCUT2D eigenvalue weighted by Gasteiger charge is -2.29. The third-order valence-electron chi connectivity index (χ3n) is 5.21. The van der Waals surface area contributed by atoms with E-state index >= 15 is 0 Å². The maximum absolute atomic E-state index is 12.6. The van der Waals surface area contributed by atoms with E-state index < -0.39 is 16.0 Å². The molecule has 0 saturated heterocycles. The van der Waals surface area contributed by atoms with Crippen LogP contribution >= 0.6 is 11.6 Å². The van der Waals surface area contributed by atoms with Crippen molar-refractivity contribution < 1.29 is 18.3 Å². The third-order valence-corrected chi connectivity index (χ3v) is 6.87. The smallest absolute Gasteiger partial charge is 0.335 e. The Labute approximate surface area is 164 Å². The van der Waals surface area contributed by atoms with E-state index in [4.69, 9.17) is 16.7 Å². The Kier molecular flexibility index (Phi) is 5.89. The molecule has 27 heavy (non-hydrogen) atoms. The molecule has 0 aromatic heterocycles. The number of carboxylic acids is 1. The molecule has 2 N–H and O–H groups in total. The van der Waals surface area contributed by atoms with Crippen molar-refractivity contribution in [1.29, 1.82) is 0 Å². The average Bonchev–Trinajstić information content (AvgIpc) is 3.10. The van der Waals surface area contributed by atoms with E-state index in [0.29, 0.717) is 11.6 Å². The van der Waals surface area contributed by atoms with Gasteiger partial charge in [-0.05, 0) is 66.6 Å². The van der Waals surface area contributed by atoms with Crippen molar-refractivity contribution >= 4 is 27.6 Å². The van der Waals surface area contributed by atoms with Gasteiger partial charge < -0.3 is 5.11 Å². The molecule has 0 bridgehead atoms. The van der Waals surface area contributed by atoms with Gasteiger partial charge in [-0.2, -0.15) is 0 Å². The zero-order chi connectivity index (χ0) is 19.5. The van der Waals surface area contributed by atoms with E-state index in [-0.39, 0.29) is 15.9 Å². The van der Waals surface area contributed by atoms with Gasteiger partial charge in [0.25, 0.3) is 0 Å². The van der Waals surface area contributed by atoms with E-state index in [2.05, 4.69) is 4.72 Å². The first kappa shape index (κ1) is 19.9. The summed E-state index contributed by atoms with van der Waals surface area (Å²) in [6.07, 6.45) is 4.73. The van der Waals surface area contributed by atoms with Crippen LogP contribution in [0, 0.1) is 5.41 Å². The predicted octanol–water partition coefficient (Wildman–Crippen LogP) is 4.12. The normalized spacial score (nSPS) is 16.3. The molecule has 0 aliphatic heterocycles. The Morgan fingerprint density at radius 2 is 1.63 bits per heavy atom. The minimum Gasteiger partial charge on any atom is -0.478 e. The molecule has 7 heteroatoms. The number of hydrogen-bond donors (Lipinski definition) is 2. The van der Waals surface area contributed by atoms with Crippen molar-refractivity contribution in [3.05, 3.63) is 64.7 Å². The van der Waals surface area contributed by atoms with Crippen LogP contribution in [0.2, 0.25) is 5.02 Å². The Morgan fingerprint density at radius 1 is 1.04 bits per heavy atom. The van der Waals surface area contributed by atoms with Gasteiger partial charge in [0.2, 0.25) is 10.0 Å². The number of nitrogens with one attached hydrogen (secondary N) is 1. The summed E-state index contributed by atoms with van der Waals surface area (Å²) in [6, 6.07) is 12.9. The first-order valence-corrected chi connectivity index (χ1v) is 10.7. The Morgan fingerprint density at radius 3 is 2.19 bits per heavy atom. The Balaban J connectivity index is 1.73. The highest BCUT2D eigenvalue weighted by atomic mass is 35.5. The molecule has 2 aromatic rings. The van der Waals surface area contributed by atoms with Gasteiger partial charge in [0.15, 0.2) is 0 Å². The van der Waals surface area contributed by atoms with Crippen molar-refractivity contribution in [3.63, 3.8) is 0 Å². The van der Waals surface area contributed by atoms with Crippen LogP contribution in [-0.2, 0) is 16.4 Å². The van der Waals surface area contributed by atoms with Crippen molar-refractivity contribution in [3.8, 4) is 0 Å². The highest BCUT2D eigenvalue weighted by molar-refractivity contribution is 7.89. The zero-order valence-corrected chi connectivity index (χ0v) is 16.4. The molecular formula is C20H22ClNO4S. The summed E-state index contributed by atoms with van der Waals surface area (Å²) in [4.78, 5) is 11.2. The first-order valence-electron chi connectivity index (χ1n) is 8.87. The van der Waals surface area contributed by atoms with Crippen LogP contribution in [0.3, 0.4) is 0 Å². The van der Waals surface area contributed by atoms with Gasteiger partial charge in [-0.15, -0.1) is 0 Å². The van der Waals surface area contributed by atoms with Crippen LogP contribution in [0.15, 0.2) is 53.4 Å². The summed E-state index contributed by atoms with van der Waals surface area (Å²) >= 11 is 5.83. The minimum atomic E-state index is -3.60.